The molecule has 0 aliphatic rings. The van der Waals surface area contributed by atoms with E-state index in [1.165, 1.54) is 0 Å². The summed E-state index contributed by atoms with van der Waals surface area (Å²) in [6.45, 7) is 0. The zero-order valence-corrected chi connectivity index (χ0v) is 9.19. The molecule has 0 aliphatic heterocycles. The smallest absolute Gasteiger partial charge is 0.416 e. The lowest BCUT2D eigenvalue weighted by atomic mass is 10.0. The quantitative estimate of drug-likeness (QED) is 0.769. The molecule has 1 aromatic carbocycles. The highest BCUT2D eigenvalue weighted by Crippen LogP contribution is 2.30. The predicted octanol–water partition coefficient (Wildman–Crippen LogP) is 1.54. The van der Waals surface area contributed by atoms with E-state index in [4.69, 9.17) is 10.8 Å². The topological polar surface area (TPSA) is 83.5 Å². The molecular weight excluding hydrogens is 251 g/mol. The molecular formula is C11H12F3NO3. The highest BCUT2D eigenvalue weighted by molar-refractivity contribution is 5.73. The van der Waals surface area contributed by atoms with Crippen LogP contribution in [-0.4, -0.2) is 22.2 Å². The van der Waals surface area contributed by atoms with Gasteiger partial charge in [0.15, 0.2) is 0 Å². The molecule has 18 heavy (non-hydrogen) atoms. The fourth-order valence-electron chi connectivity index (χ4n) is 1.37. The Kier molecular flexibility index (Phi) is 4.31. The predicted molar refractivity (Wildman–Crippen MR) is 56.6 cm³/mol. The number of alkyl halides is 3. The second kappa shape index (κ2) is 5.36. The minimum Gasteiger partial charge on any atom is -0.480 e. The molecule has 4 N–H and O–H groups in total. The van der Waals surface area contributed by atoms with Gasteiger partial charge >= 0.3 is 12.1 Å². The molecule has 0 aromatic heterocycles. The number of rotatable bonds is 4. The van der Waals surface area contributed by atoms with Crippen molar-refractivity contribution in [3.63, 3.8) is 0 Å². The van der Waals surface area contributed by atoms with Gasteiger partial charge in [0.25, 0.3) is 0 Å². The van der Waals surface area contributed by atoms with Gasteiger partial charge in [-0.2, -0.15) is 13.2 Å². The SMILES string of the molecule is NC(CC(O)c1ccc(C(F)(F)F)cc1)C(=O)O. The van der Waals surface area contributed by atoms with E-state index in [9.17, 15) is 23.1 Å². The third-order valence-corrected chi connectivity index (χ3v) is 2.42. The van der Waals surface area contributed by atoms with Crippen LogP contribution in [0.5, 0.6) is 0 Å². The van der Waals surface area contributed by atoms with Crippen LogP contribution >= 0.6 is 0 Å². The molecule has 100 valence electrons. The van der Waals surface area contributed by atoms with Crippen molar-refractivity contribution in [3.8, 4) is 0 Å². The summed E-state index contributed by atoms with van der Waals surface area (Å²) in [6, 6.07) is 2.59. The molecule has 2 unspecified atom stereocenters. The fourth-order valence-corrected chi connectivity index (χ4v) is 1.37. The summed E-state index contributed by atoms with van der Waals surface area (Å²) in [5.41, 5.74) is 4.58. The molecule has 0 radical (unpaired) electrons. The van der Waals surface area contributed by atoms with Crippen LogP contribution in [-0.2, 0) is 11.0 Å². The van der Waals surface area contributed by atoms with Gasteiger partial charge < -0.3 is 15.9 Å². The molecule has 0 saturated carbocycles. The maximum Gasteiger partial charge on any atom is 0.416 e. The molecule has 0 aliphatic carbocycles. The summed E-state index contributed by atoms with van der Waals surface area (Å²) in [7, 11) is 0. The summed E-state index contributed by atoms with van der Waals surface area (Å²) >= 11 is 0. The zero-order valence-electron chi connectivity index (χ0n) is 9.19. The number of carboxylic acid groups (broad SMARTS) is 1. The number of benzene rings is 1. The first-order valence-corrected chi connectivity index (χ1v) is 5.05. The van der Waals surface area contributed by atoms with Crippen LogP contribution in [0.25, 0.3) is 0 Å². The van der Waals surface area contributed by atoms with Gasteiger partial charge in [-0.1, -0.05) is 12.1 Å². The van der Waals surface area contributed by atoms with Crippen LogP contribution in [0.1, 0.15) is 23.7 Å². The van der Waals surface area contributed by atoms with E-state index in [1.54, 1.807) is 0 Å². The van der Waals surface area contributed by atoms with E-state index in [2.05, 4.69) is 0 Å². The van der Waals surface area contributed by atoms with E-state index < -0.39 is 29.9 Å². The summed E-state index contributed by atoms with van der Waals surface area (Å²) in [4.78, 5) is 10.5. The van der Waals surface area contributed by atoms with E-state index in [1.807, 2.05) is 0 Å². The lowest BCUT2D eigenvalue weighted by Gasteiger charge is -2.14. The molecule has 0 saturated heterocycles. The van der Waals surface area contributed by atoms with Crippen molar-refractivity contribution in [2.75, 3.05) is 0 Å². The average Bonchev–Trinajstić information content (AvgIpc) is 2.27. The summed E-state index contributed by atoms with van der Waals surface area (Å²) < 4.78 is 36.8. The lowest BCUT2D eigenvalue weighted by molar-refractivity contribution is -0.139. The molecule has 4 nitrogen and oxygen atoms in total. The van der Waals surface area contributed by atoms with Gasteiger partial charge in [-0.25, -0.2) is 0 Å². The highest BCUT2D eigenvalue weighted by Gasteiger charge is 2.30. The summed E-state index contributed by atoms with van der Waals surface area (Å²) in [6.07, 6.45) is -5.92. The van der Waals surface area contributed by atoms with Crippen molar-refractivity contribution in [1.82, 2.24) is 0 Å². The number of carbonyl (C=O) groups is 1. The van der Waals surface area contributed by atoms with Crippen LogP contribution in [0, 0.1) is 0 Å². The second-order valence-electron chi connectivity index (χ2n) is 3.82. The van der Waals surface area contributed by atoms with Gasteiger partial charge in [-0.3, -0.25) is 4.79 Å². The van der Waals surface area contributed by atoms with E-state index in [-0.39, 0.29) is 12.0 Å². The van der Waals surface area contributed by atoms with E-state index >= 15 is 0 Å². The Hall–Kier alpha value is -1.60. The number of hydrogen-bond acceptors (Lipinski definition) is 3. The van der Waals surface area contributed by atoms with Gasteiger partial charge in [-0.15, -0.1) is 0 Å². The number of nitrogens with two attached hydrogens (primary N) is 1. The van der Waals surface area contributed by atoms with E-state index in [0.717, 1.165) is 24.3 Å². The number of aliphatic carboxylic acids is 1. The Bertz CT molecular complexity index is 417. The Balaban J connectivity index is 2.76. The number of halogens is 3. The molecule has 1 aromatic rings. The van der Waals surface area contributed by atoms with Crippen molar-refractivity contribution < 1.29 is 28.2 Å². The molecule has 2 atom stereocenters. The normalized spacial score (nSPS) is 15.2. The molecule has 0 bridgehead atoms. The molecule has 0 fully saturated rings. The van der Waals surface area contributed by atoms with Gasteiger partial charge in [0.2, 0.25) is 0 Å². The van der Waals surface area contributed by atoms with Crippen molar-refractivity contribution >= 4 is 5.97 Å². The monoisotopic (exact) mass is 263 g/mol. The van der Waals surface area contributed by atoms with Gasteiger partial charge in [0.05, 0.1) is 11.7 Å². The third-order valence-electron chi connectivity index (χ3n) is 2.42. The first kappa shape index (κ1) is 14.5. The molecule has 7 heteroatoms. The Morgan fingerprint density at radius 2 is 1.78 bits per heavy atom. The maximum absolute atomic E-state index is 12.3. The van der Waals surface area contributed by atoms with Crippen LogP contribution in [0.3, 0.4) is 0 Å². The molecule has 1 rings (SSSR count). The Morgan fingerprint density at radius 3 is 2.17 bits per heavy atom. The largest absolute Gasteiger partial charge is 0.480 e. The minimum atomic E-state index is -4.44. The average molecular weight is 263 g/mol. The third kappa shape index (κ3) is 3.71. The van der Waals surface area contributed by atoms with E-state index in [0.29, 0.717) is 0 Å². The van der Waals surface area contributed by atoms with Crippen molar-refractivity contribution in [2.24, 2.45) is 5.73 Å². The van der Waals surface area contributed by atoms with Crippen LogP contribution < -0.4 is 5.73 Å². The van der Waals surface area contributed by atoms with Crippen molar-refractivity contribution in [1.29, 1.82) is 0 Å². The van der Waals surface area contributed by atoms with Crippen LogP contribution in [0.15, 0.2) is 24.3 Å². The number of aliphatic hydroxyl groups is 1. The van der Waals surface area contributed by atoms with Crippen molar-refractivity contribution in [3.05, 3.63) is 35.4 Å². The minimum absolute atomic E-state index is 0.194. The Labute approximate surface area is 101 Å². The Morgan fingerprint density at radius 1 is 1.28 bits per heavy atom. The maximum atomic E-state index is 12.3. The first-order chi connectivity index (χ1) is 8.21. The fraction of sp³-hybridized carbons (Fsp3) is 0.364. The number of carboxylic acids is 1. The van der Waals surface area contributed by atoms with Crippen molar-refractivity contribution in [2.45, 2.75) is 24.7 Å². The molecule has 0 heterocycles. The second-order valence-corrected chi connectivity index (χ2v) is 3.82. The highest BCUT2D eigenvalue weighted by atomic mass is 19.4. The lowest BCUT2D eigenvalue weighted by Crippen LogP contribution is -2.31. The van der Waals surface area contributed by atoms with Gasteiger partial charge in [0.1, 0.15) is 6.04 Å². The first-order valence-electron chi connectivity index (χ1n) is 5.05. The molecule has 0 amide bonds. The molecule has 0 spiro atoms. The summed E-state index contributed by atoms with van der Waals surface area (Å²) in [5, 5.41) is 18.2. The standard InChI is InChI=1S/C11H12F3NO3/c12-11(13,14)7-3-1-6(2-4-7)9(16)5-8(15)10(17)18/h1-4,8-9,16H,5,15H2,(H,17,18). The van der Waals surface area contributed by atoms with Crippen LogP contribution in [0.2, 0.25) is 0 Å². The van der Waals surface area contributed by atoms with Crippen LogP contribution in [0.4, 0.5) is 13.2 Å². The van der Waals surface area contributed by atoms with Gasteiger partial charge in [-0.05, 0) is 17.7 Å². The summed E-state index contributed by atoms with van der Waals surface area (Å²) in [5.74, 6) is -1.28. The number of aliphatic hydroxyl groups excluding tert-OH is 1. The van der Waals surface area contributed by atoms with Gasteiger partial charge in [0, 0.05) is 6.42 Å². The zero-order chi connectivity index (χ0) is 13.9. The number of hydrogen-bond donors (Lipinski definition) is 3.